The monoisotopic (exact) mass is 540 g/mol. The van der Waals surface area contributed by atoms with Crippen LogP contribution in [-0.2, 0) is 22.5 Å². The van der Waals surface area contributed by atoms with E-state index in [9.17, 15) is 9.59 Å². The standard InChI is InChI=1S/C24H44N4O6Si2/c1-14(2)35(15(3)4)31-13-19-21(33-36(34-35,16(5)6)17(7)8)24(10,27-18(9)29)22(32-19)28-12-11-20(25)26-23(28)30/h11-12,14-17,19,21-22H,13H2,1-10H3,(H,27,29)(H2,25,26,30)/t19-,21-,22?,24-/m1/s1. The Balaban J connectivity index is 2.22. The van der Waals surface area contributed by atoms with Crippen LogP contribution in [0.25, 0.3) is 0 Å². The molecular weight excluding hydrogens is 496 g/mol. The lowest BCUT2D eigenvalue weighted by atomic mass is 9.92. The molecule has 204 valence electrons. The summed E-state index contributed by atoms with van der Waals surface area (Å²) in [4.78, 5) is 29.2. The summed E-state index contributed by atoms with van der Waals surface area (Å²) in [6, 6.07) is 1.54. The highest BCUT2D eigenvalue weighted by molar-refractivity contribution is 6.84. The number of hydrogen-bond donors (Lipinski definition) is 2. The van der Waals surface area contributed by atoms with Gasteiger partial charge in [-0.15, -0.1) is 0 Å². The molecule has 2 aliphatic heterocycles. The highest BCUT2D eigenvalue weighted by Crippen LogP contribution is 2.50. The molecule has 3 N–H and O–H groups in total. The number of hydrogen-bond acceptors (Lipinski definition) is 8. The molecule has 0 aromatic carbocycles. The maximum absolute atomic E-state index is 12.9. The molecule has 3 heterocycles. The minimum Gasteiger partial charge on any atom is -0.414 e. The molecular formula is C24H44N4O6Si2. The number of rotatable bonds is 6. The third-order valence-electron chi connectivity index (χ3n) is 7.62. The maximum atomic E-state index is 12.9. The summed E-state index contributed by atoms with van der Waals surface area (Å²) >= 11 is 0. The van der Waals surface area contributed by atoms with Gasteiger partial charge in [0.25, 0.3) is 0 Å². The van der Waals surface area contributed by atoms with E-state index in [0.29, 0.717) is 0 Å². The van der Waals surface area contributed by atoms with Gasteiger partial charge in [-0.05, 0) is 35.2 Å². The molecule has 10 nitrogen and oxygen atoms in total. The van der Waals surface area contributed by atoms with E-state index in [4.69, 9.17) is 23.4 Å². The molecule has 36 heavy (non-hydrogen) atoms. The number of amides is 1. The van der Waals surface area contributed by atoms with Gasteiger partial charge in [0, 0.05) is 13.1 Å². The largest absolute Gasteiger partial charge is 0.414 e. The van der Waals surface area contributed by atoms with Gasteiger partial charge in [0.2, 0.25) is 5.91 Å². The van der Waals surface area contributed by atoms with Crippen molar-refractivity contribution in [3.8, 4) is 0 Å². The predicted octanol–water partition coefficient (Wildman–Crippen LogP) is 3.57. The number of carbonyl (C=O) groups excluding carboxylic acids is 1. The van der Waals surface area contributed by atoms with Crippen LogP contribution in [-0.4, -0.2) is 56.9 Å². The van der Waals surface area contributed by atoms with E-state index in [1.54, 1.807) is 6.20 Å². The number of ether oxygens (including phenoxy) is 1. The summed E-state index contributed by atoms with van der Waals surface area (Å²) in [6.07, 6.45) is -0.477. The molecule has 0 radical (unpaired) electrons. The lowest BCUT2D eigenvalue weighted by Gasteiger charge is -2.52. The normalized spacial score (nSPS) is 29.9. The average molecular weight is 541 g/mol. The first-order valence-electron chi connectivity index (χ1n) is 12.9. The maximum Gasteiger partial charge on any atom is 0.351 e. The molecule has 0 aliphatic carbocycles. The number of aromatic nitrogens is 2. The second-order valence-electron chi connectivity index (χ2n) is 11.5. The van der Waals surface area contributed by atoms with Crippen molar-refractivity contribution in [2.75, 3.05) is 12.3 Å². The molecule has 2 saturated heterocycles. The summed E-state index contributed by atoms with van der Waals surface area (Å²) in [7, 11) is -5.74. The molecule has 12 heteroatoms. The molecule has 0 saturated carbocycles. The third-order valence-corrected chi connectivity index (χ3v) is 17.8. The van der Waals surface area contributed by atoms with Crippen LogP contribution in [0.3, 0.4) is 0 Å². The number of nitrogens with one attached hydrogen (secondary N) is 1. The highest BCUT2D eigenvalue weighted by atomic mass is 28.5. The van der Waals surface area contributed by atoms with Crippen LogP contribution in [0.1, 0.15) is 75.5 Å². The van der Waals surface area contributed by atoms with Crippen molar-refractivity contribution in [3.63, 3.8) is 0 Å². The van der Waals surface area contributed by atoms with Gasteiger partial charge in [0.05, 0.1) is 6.61 Å². The van der Waals surface area contributed by atoms with Crippen LogP contribution in [0.2, 0.25) is 22.2 Å². The average Bonchev–Trinajstić information content (AvgIpc) is 2.97. The number of nitrogens with two attached hydrogens (primary N) is 1. The van der Waals surface area contributed by atoms with Crippen molar-refractivity contribution in [3.05, 3.63) is 22.7 Å². The highest BCUT2D eigenvalue weighted by Gasteiger charge is 2.65. The molecule has 3 rings (SSSR count). The fraction of sp³-hybridized carbons (Fsp3) is 0.792. The molecule has 1 aromatic heterocycles. The minimum absolute atomic E-state index is 0.103. The second kappa shape index (κ2) is 10.3. The number of carbonyl (C=O) groups is 1. The third kappa shape index (κ3) is 4.83. The van der Waals surface area contributed by atoms with E-state index in [1.807, 2.05) is 6.92 Å². The van der Waals surface area contributed by atoms with E-state index < -0.39 is 46.8 Å². The fourth-order valence-corrected chi connectivity index (χ4v) is 17.1. The number of anilines is 1. The Hall–Kier alpha value is -1.58. The molecule has 1 amide bonds. The SMILES string of the molecule is CC(=O)N[C@@]1(C)C(n2ccc(N)nc2=O)O[C@@H]2CO[Si](C(C)C)(C(C)C)O[Si](C(C)C)(C(C)C)O[C@H]21. The zero-order valence-electron chi connectivity index (χ0n) is 23.3. The zero-order chi connectivity index (χ0) is 27.2. The Morgan fingerprint density at radius 2 is 1.67 bits per heavy atom. The number of nitrogens with zero attached hydrogens (tertiary/aromatic N) is 2. The Morgan fingerprint density at radius 3 is 2.14 bits per heavy atom. The Kier molecular flexibility index (Phi) is 8.29. The predicted molar refractivity (Wildman–Crippen MR) is 143 cm³/mol. The van der Waals surface area contributed by atoms with Crippen molar-refractivity contribution in [1.82, 2.24) is 14.9 Å². The van der Waals surface area contributed by atoms with Crippen LogP contribution in [0, 0.1) is 0 Å². The first-order valence-corrected chi connectivity index (χ1v) is 16.9. The number of nitrogen functional groups attached to an aromatic ring is 1. The van der Waals surface area contributed by atoms with Crippen molar-refractivity contribution in [1.29, 1.82) is 0 Å². The Bertz CT molecular complexity index is 1000. The summed E-state index contributed by atoms with van der Waals surface area (Å²) in [6.45, 7) is 20.7. The second-order valence-corrected chi connectivity index (χ2v) is 20.4. The molecule has 0 spiro atoms. The van der Waals surface area contributed by atoms with Crippen LogP contribution in [0.15, 0.2) is 17.1 Å². The van der Waals surface area contributed by atoms with Gasteiger partial charge in [-0.3, -0.25) is 9.36 Å². The van der Waals surface area contributed by atoms with Crippen molar-refractivity contribution in [2.45, 2.75) is 115 Å². The molecule has 2 fully saturated rings. The lowest BCUT2D eigenvalue weighted by molar-refractivity contribution is -0.123. The summed E-state index contributed by atoms with van der Waals surface area (Å²) in [5, 5.41) is 3.05. The van der Waals surface area contributed by atoms with Gasteiger partial charge >= 0.3 is 22.8 Å². The quantitative estimate of drug-likeness (QED) is 0.524. The lowest BCUT2D eigenvalue weighted by Crippen LogP contribution is -2.68. The van der Waals surface area contributed by atoms with E-state index in [-0.39, 0.29) is 40.5 Å². The van der Waals surface area contributed by atoms with E-state index in [0.717, 1.165) is 0 Å². The zero-order valence-corrected chi connectivity index (χ0v) is 25.3. The Labute approximate surface area is 216 Å². The molecule has 0 bridgehead atoms. The van der Waals surface area contributed by atoms with Crippen molar-refractivity contribution >= 4 is 28.8 Å². The van der Waals surface area contributed by atoms with Gasteiger partial charge in [-0.1, -0.05) is 55.4 Å². The topological polar surface area (TPSA) is 127 Å². The van der Waals surface area contributed by atoms with Gasteiger partial charge in [-0.2, -0.15) is 4.98 Å². The molecule has 1 unspecified atom stereocenters. The Morgan fingerprint density at radius 1 is 1.11 bits per heavy atom. The summed E-state index contributed by atoms with van der Waals surface area (Å²) in [5.74, 6) is -0.143. The minimum atomic E-state index is -2.98. The molecule has 2 aliphatic rings. The van der Waals surface area contributed by atoms with Crippen LogP contribution in [0.4, 0.5) is 5.82 Å². The first kappa shape index (κ1) is 29.0. The van der Waals surface area contributed by atoms with E-state index >= 15 is 0 Å². The molecule has 1 aromatic rings. The summed E-state index contributed by atoms with van der Waals surface area (Å²) in [5.41, 5.74) is 4.65. The van der Waals surface area contributed by atoms with Gasteiger partial charge < -0.3 is 28.8 Å². The first-order chi connectivity index (χ1) is 16.6. The number of fused-ring (bicyclic) bond motifs is 1. The van der Waals surface area contributed by atoms with E-state index in [1.165, 1.54) is 17.6 Å². The van der Waals surface area contributed by atoms with Crippen LogP contribution < -0.4 is 16.7 Å². The van der Waals surface area contributed by atoms with Gasteiger partial charge in [0.1, 0.15) is 23.6 Å². The van der Waals surface area contributed by atoms with Gasteiger partial charge in [0.15, 0.2) is 6.23 Å². The fourth-order valence-electron chi connectivity index (χ4n) is 5.82. The molecule has 4 atom stereocenters. The van der Waals surface area contributed by atoms with Crippen molar-refractivity contribution in [2.24, 2.45) is 0 Å². The van der Waals surface area contributed by atoms with Crippen molar-refractivity contribution < 1.29 is 22.5 Å². The van der Waals surface area contributed by atoms with E-state index in [2.05, 4.69) is 65.7 Å². The summed E-state index contributed by atoms with van der Waals surface area (Å²) < 4.78 is 29.2. The van der Waals surface area contributed by atoms with Gasteiger partial charge in [-0.25, -0.2) is 4.79 Å². The smallest absolute Gasteiger partial charge is 0.351 e. The van der Waals surface area contributed by atoms with Crippen LogP contribution in [0.5, 0.6) is 0 Å². The van der Waals surface area contributed by atoms with Crippen LogP contribution >= 0.6 is 0 Å².